The van der Waals surface area contributed by atoms with Crippen LogP contribution in [0.25, 0.3) is 10.4 Å². The number of hydrogen-bond donors (Lipinski definition) is 0. The van der Waals surface area contributed by atoms with E-state index in [4.69, 9.17) is 10.3 Å². The van der Waals surface area contributed by atoms with Gasteiger partial charge in [-0.25, -0.2) is 0 Å². The first-order valence-electron chi connectivity index (χ1n) is 4.34. The summed E-state index contributed by atoms with van der Waals surface area (Å²) in [6, 6.07) is 0.105. The standard InChI is InChI=1S/C8H15N3O/c1-5-4-8(10-11-9)6(2)7(3)12-5/h5-8H,4H2,1-3H3/t5-,6-,7?,8-/m1/s1. The fourth-order valence-electron chi connectivity index (χ4n) is 1.63. The van der Waals surface area contributed by atoms with E-state index in [1.54, 1.807) is 0 Å². The Kier molecular flexibility index (Phi) is 2.95. The average Bonchev–Trinajstić information content (AvgIpc) is 2.00. The van der Waals surface area contributed by atoms with Crippen molar-refractivity contribution in [1.82, 2.24) is 0 Å². The maximum absolute atomic E-state index is 8.33. The molecule has 1 fully saturated rings. The number of ether oxygens (including phenoxy) is 1. The number of hydrogen-bond acceptors (Lipinski definition) is 2. The highest BCUT2D eigenvalue weighted by molar-refractivity contribution is 4.84. The largest absolute Gasteiger partial charge is 0.375 e. The van der Waals surface area contributed by atoms with Crippen molar-refractivity contribution in [3.63, 3.8) is 0 Å². The predicted octanol–water partition coefficient (Wildman–Crippen LogP) is 2.50. The molecule has 1 aliphatic rings. The summed E-state index contributed by atoms with van der Waals surface area (Å²) >= 11 is 0. The summed E-state index contributed by atoms with van der Waals surface area (Å²) in [7, 11) is 0. The van der Waals surface area contributed by atoms with Crippen molar-refractivity contribution in [3.8, 4) is 0 Å². The maximum atomic E-state index is 8.33. The summed E-state index contributed by atoms with van der Waals surface area (Å²) in [5.41, 5.74) is 8.33. The van der Waals surface area contributed by atoms with Crippen LogP contribution in [-0.2, 0) is 4.74 Å². The van der Waals surface area contributed by atoms with Crippen molar-refractivity contribution in [3.05, 3.63) is 10.4 Å². The summed E-state index contributed by atoms with van der Waals surface area (Å²) < 4.78 is 5.59. The highest BCUT2D eigenvalue weighted by Gasteiger charge is 2.30. The first-order chi connectivity index (χ1) is 5.65. The van der Waals surface area contributed by atoms with Crippen LogP contribution in [0.15, 0.2) is 5.11 Å². The van der Waals surface area contributed by atoms with Gasteiger partial charge in [0.1, 0.15) is 0 Å². The van der Waals surface area contributed by atoms with Gasteiger partial charge in [-0.15, -0.1) is 0 Å². The molecule has 0 radical (unpaired) electrons. The smallest absolute Gasteiger partial charge is 0.0580 e. The van der Waals surface area contributed by atoms with Gasteiger partial charge < -0.3 is 4.74 Å². The Morgan fingerprint density at radius 2 is 2.08 bits per heavy atom. The molecule has 0 spiro atoms. The summed E-state index contributed by atoms with van der Waals surface area (Å²) in [6.45, 7) is 6.11. The highest BCUT2D eigenvalue weighted by atomic mass is 16.5. The first kappa shape index (κ1) is 9.36. The van der Waals surface area contributed by atoms with Crippen LogP contribution >= 0.6 is 0 Å². The third-order valence-corrected chi connectivity index (χ3v) is 2.57. The Morgan fingerprint density at radius 3 is 2.67 bits per heavy atom. The van der Waals surface area contributed by atoms with Crippen LogP contribution in [0.4, 0.5) is 0 Å². The average molecular weight is 169 g/mol. The molecule has 12 heavy (non-hydrogen) atoms. The minimum absolute atomic E-state index is 0.105. The molecule has 0 aromatic rings. The molecule has 1 rings (SSSR count). The Hall–Kier alpha value is -0.730. The molecule has 1 unspecified atom stereocenters. The minimum Gasteiger partial charge on any atom is -0.375 e. The van der Waals surface area contributed by atoms with Crippen LogP contribution in [0, 0.1) is 5.92 Å². The molecule has 4 heteroatoms. The van der Waals surface area contributed by atoms with Crippen molar-refractivity contribution in [2.24, 2.45) is 11.0 Å². The summed E-state index contributed by atoms with van der Waals surface area (Å²) in [6.07, 6.45) is 1.26. The molecule has 0 bridgehead atoms. The molecular formula is C8H15N3O. The molecule has 0 aromatic carbocycles. The second-order valence-electron chi connectivity index (χ2n) is 3.52. The lowest BCUT2D eigenvalue weighted by Gasteiger charge is -2.35. The number of rotatable bonds is 1. The zero-order valence-electron chi connectivity index (χ0n) is 7.77. The molecule has 0 amide bonds. The quantitative estimate of drug-likeness (QED) is 0.338. The SMILES string of the molecule is CC1O[C@H](C)C[C@@H](N=[N+]=[N-])[C@@H]1C. The monoisotopic (exact) mass is 169 g/mol. The molecule has 0 N–H and O–H groups in total. The van der Waals surface area contributed by atoms with E-state index in [1.807, 2.05) is 13.8 Å². The van der Waals surface area contributed by atoms with Gasteiger partial charge in [-0.3, -0.25) is 0 Å². The van der Waals surface area contributed by atoms with Crippen molar-refractivity contribution in [1.29, 1.82) is 0 Å². The summed E-state index contributed by atoms with van der Waals surface area (Å²) in [5.74, 6) is 0.331. The summed E-state index contributed by atoms with van der Waals surface area (Å²) in [4.78, 5) is 2.85. The van der Waals surface area contributed by atoms with E-state index in [0.717, 1.165) is 6.42 Å². The molecule has 68 valence electrons. The lowest BCUT2D eigenvalue weighted by Crippen LogP contribution is -2.39. The second kappa shape index (κ2) is 3.78. The fourth-order valence-corrected chi connectivity index (χ4v) is 1.63. The maximum Gasteiger partial charge on any atom is 0.0580 e. The lowest BCUT2D eigenvalue weighted by atomic mass is 9.90. The van der Waals surface area contributed by atoms with Crippen LogP contribution in [0.2, 0.25) is 0 Å². The van der Waals surface area contributed by atoms with Crippen molar-refractivity contribution >= 4 is 0 Å². The van der Waals surface area contributed by atoms with E-state index in [0.29, 0.717) is 5.92 Å². The Balaban J connectivity index is 2.65. The van der Waals surface area contributed by atoms with Crippen molar-refractivity contribution in [2.45, 2.75) is 45.4 Å². The van der Waals surface area contributed by atoms with Crippen molar-refractivity contribution in [2.75, 3.05) is 0 Å². The zero-order chi connectivity index (χ0) is 9.14. The van der Waals surface area contributed by atoms with E-state index in [1.165, 1.54) is 0 Å². The Bertz CT molecular complexity index is 200. The number of nitrogens with zero attached hydrogens (tertiary/aromatic N) is 3. The van der Waals surface area contributed by atoms with Crippen LogP contribution in [0.5, 0.6) is 0 Å². The van der Waals surface area contributed by atoms with Crippen LogP contribution in [-0.4, -0.2) is 18.2 Å². The van der Waals surface area contributed by atoms with E-state index >= 15 is 0 Å². The van der Waals surface area contributed by atoms with Gasteiger partial charge in [0.15, 0.2) is 0 Å². The second-order valence-corrected chi connectivity index (χ2v) is 3.52. The van der Waals surface area contributed by atoms with Crippen LogP contribution in [0.3, 0.4) is 0 Å². The predicted molar refractivity (Wildman–Crippen MR) is 46.7 cm³/mol. The normalized spacial score (nSPS) is 41.9. The minimum atomic E-state index is 0.105. The molecule has 0 aromatic heterocycles. The third kappa shape index (κ3) is 1.90. The fraction of sp³-hybridized carbons (Fsp3) is 1.00. The lowest BCUT2D eigenvalue weighted by molar-refractivity contribution is -0.0681. The van der Waals surface area contributed by atoms with Crippen molar-refractivity contribution < 1.29 is 4.74 Å². The number of azide groups is 1. The van der Waals surface area contributed by atoms with Gasteiger partial charge in [0, 0.05) is 11.0 Å². The van der Waals surface area contributed by atoms with E-state index in [2.05, 4.69) is 16.9 Å². The van der Waals surface area contributed by atoms with Gasteiger partial charge in [-0.05, 0) is 31.7 Å². The highest BCUT2D eigenvalue weighted by Crippen LogP contribution is 2.27. The van der Waals surface area contributed by atoms with E-state index in [9.17, 15) is 0 Å². The topological polar surface area (TPSA) is 58.0 Å². The Morgan fingerprint density at radius 1 is 1.42 bits per heavy atom. The molecule has 4 atom stereocenters. The van der Waals surface area contributed by atoms with E-state index in [-0.39, 0.29) is 18.2 Å². The molecule has 0 saturated carbocycles. The van der Waals surface area contributed by atoms with Gasteiger partial charge in [0.05, 0.1) is 12.2 Å². The Labute approximate surface area is 72.5 Å². The van der Waals surface area contributed by atoms with Gasteiger partial charge in [-0.2, -0.15) is 0 Å². The van der Waals surface area contributed by atoms with E-state index < -0.39 is 0 Å². The molecule has 1 aliphatic heterocycles. The van der Waals surface area contributed by atoms with Crippen LogP contribution in [0.1, 0.15) is 27.2 Å². The van der Waals surface area contributed by atoms with Crippen LogP contribution < -0.4 is 0 Å². The molecule has 4 nitrogen and oxygen atoms in total. The van der Waals surface area contributed by atoms with Gasteiger partial charge in [-0.1, -0.05) is 12.0 Å². The first-order valence-corrected chi connectivity index (χ1v) is 4.34. The van der Waals surface area contributed by atoms with Gasteiger partial charge in [0.2, 0.25) is 0 Å². The van der Waals surface area contributed by atoms with Gasteiger partial charge >= 0.3 is 0 Å². The molecule has 1 heterocycles. The third-order valence-electron chi connectivity index (χ3n) is 2.57. The zero-order valence-corrected chi connectivity index (χ0v) is 7.77. The molecular weight excluding hydrogens is 154 g/mol. The summed E-state index contributed by atoms with van der Waals surface area (Å²) in [5, 5.41) is 3.77. The molecule has 1 saturated heterocycles. The molecule has 0 aliphatic carbocycles. The van der Waals surface area contributed by atoms with Gasteiger partial charge in [0.25, 0.3) is 0 Å².